The average Bonchev–Trinajstić information content (AvgIpc) is 3.32. The predicted octanol–water partition coefficient (Wildman–Crippen LogP) is 5.64. The molecule has 0 aliphatic carbocycles. The Morgan fingerprint density at radius 1 is 1.09 bits per heavy atom. The molecule has 2 heterocycles. The van der Waals surface area contributed by atoms with E-state index >= 15 is 0 Å². The minimum Gasteiger partial charge on any atom is -0.486 e. The lowest BCUT2D eigenvalue weighted by atomic mass is 10.2. The second kappa shape index (κ2) is 9.60. The average molecular weight is 493 g/mol. The van der Waals surface area contributed by atoms with Crippen LogP contribution in [-0.4, -0.2) is 20.8 Å². The first-order chi connectivity index (χ1) is 15.8. The van der Waals surface area contributed by atoms with Crippen molar-refractivity contribution >= 4 is 34.9 Å². The highest BCUT2D eigenvalue weighted by Gasteiger charge is 2.23. The number of carbonyl (C=O) groups is 1. The summed E-state index contributed by atoms with van der Waals surface area (Å²) in [4.78, 5) is 12.8. The van der Waals surface area contributed by atoms with Crippen molar-refractivity contribution in [1.82, 2.24) is 14.9 Å². The summed E-state index contributed by atoms with van der Waals surface area (Å²) >= 11 is 12.2. The molecule has 0 aliphatic rings. The summed E-state index contributed by atoms with van der Waals surface area (Å²) in [6.07, 6.45) is 1.43. The molecule has 11 heteroatoms. The highest BCUT2D eigenvalue weighted by molar-refractivity contribution is 6.33. The summed E-state index contributed by atoms with van der Waals surface area (Å²) in [7, 11) is 0. The zero-order valence-electron chi connectivity index (χ0n) is 17.1. The van der Waals surface area contributed by atoms with Crippen LogP contribution >= 0.6 is 23.2 Å². The Hall–Kier alpha value is -3.43. The quantitative estimate of drug-likeness (QED) is 0.360. The summed E-state index contributed by atoms with van der Waals surface area (Å²) in [5.74, 6) is -1.28. The summed E-state index contributed by atoms with van der Waals surface area (Å²) in [6, 6.07) is 10.2. The van der Waals surface area contributed by atoms with Crippen molar-refractivity contribution in [2.24, 2.45) is 0 Å². The molecule has 33 heavy (non-hydrogen) atoms. The number of halogens is 4. The van der Waals surface area contributed by atoms with Crippen LogP contribution in [0.25, 0.3) is 0 Å². The van der Waals surface area contributed by atoms with Gasteiger partial charge in [-0.25, -0.2) is 8.78 Å². The van der Waals surface area contributed by atoms with Crippen molar-refractivity contribution in [3.8, 4) is 5.75 Å². The molecule has 7 nitrogen and oxygen atoms in total. The SMILES string of the molecule is Cc1onc(C(=O)Nc2nn(Cc3c(F)cccc3Cl)cc2Cl)c1COc1ccccc1F. The standard InChI is InChI=1S/C22H16Cl2F2N4O3/c1-12-14(11-32-19-8-3-2-6-18(19)26)20(29-33-12)22(31)27-21-16(24)10-30(28-21)9-13-15(23)5-4-7-17(13)25/h2-8,10H,9,11H2,1H3,(H,27,28,31). The predicted molar refractivity (Wildman–Crippen MR) is 118 cm³/mol. The van der Waals surface area contributed by atoms with Crippen LogP contribution in [0.2, 0.25) is 10.0 Å². The number of carbonyl (C=O) groups excluding carboxylic acids is 1. The molecule has 1 N–H and O–H groups in total. The normalized spacial score (nSPS) is 10.9. The number of nitrogens with one attached hydrogen (secondary N) is 1. The molecule has 0 saturated heterocycles. The van der Waals surface area contributed by atoms with Crippen molar-refractivity contribution in [3.63, 3.8) is 0 Å². The summed E-state index contributed by atoms with van der Waals surface area (Å²) in [5.41, 5.74) is 0.506. The molecule has 0 spiro atoms. The summed E-state index contributed by atoms with van der Waals surface area (Å²) < 4.78 is 39.8. The number of benzene rings is 2. The van der Waals surface area contributed by atoms with Gasteiger partial charge in [-0.3, -0.25) is 9.48 Å². The van der Waals surface area contributed by atoms with Gasteiger partial charge in [-0.1, -0.05) is 46.6 Å². The van der Waals surface area contributed by atoms with Gasteiger partial charge in [0, 0.05) is 16.8 Å². The first-order valence-electron chi connectivity index (χ1n) is 9.63. The highest BCUT2D eigenvalue weighted by atomic mass is 35.5. The Labute approximate surface area is 196 Å². The van der Waals surface area contributed by atoms with E-state index in [2.05, 4.69) is 15.6 Å². The smallest absolute Gasteiger partial charge is 0.279 e. The largest absolute Gasteiger partial charge is 0.486 e. The Kier molecular flexibility index (Phi) is 6.62. The number of hydrogen-bond donors (Lipinski definition) is 1. The summed E-state index contributed by atoms with van der Waals surface area (Å²) in [6.45, 7) is 1.46. The number of aryl methyl sites for hydroxylation is 1. The zero-order chi connectivity index (χ0) is 23.5. The Morgan fingerprint density at radius 2 is 1.85 bits per heavy atom. The van der Waals surface area contributed by atoms with Crippen LogP contribution in [0.1, 0.15) is 27.4 Å². The van der Waals surface area contributed by atoms with Gasteiger partial charge >= 0.3 is 0 Å². The van der Waals surface area contributed by atoms with Crippen molar-refractivity contribution < 1.29 is 22.8 Å². The molecule has 0 radical (unpaired) electrons. The van der Waals surface area contributed by atoms with E-state index in [1.54, 1.807) is 19.1 Å². The third-order valence-corrected chi connectivity index (χ3v) is 5.37. The second-order valence-corrected chi connectivity index (χ2v) is 7.78. The molecule has 1 amide bonds. The first-order valence-corrected chi connectivity index (χ1v) is 10.4. The molecule has 2 aromatic carbocycles. The van der Waals surface area contributed by atoms with E-state index in [-0.39, 0.29) is 46.0 Å². The van der Waals surface area contributed by atoms with E-state index in [0.717, 1.165) is 0 Å². The van der Waals surface area contributed by atoms with Gasteiger partial charge in [0.15, 0.2) is 23.1 Å². The van der Waals surface area contributed by atoms with Crippen molar-refractivity contribution in [1.29, 1.82) is 0 Å². The highest BCUT2D eigenvalue weighted by Crippen LogP contribution is 2.25. The Bertz CT molecular complexity index is 1300. The van der Waals surface area contributed by atoms with Crippen molar-refractivity contribution in [2.45, 2.75) is 20.1 Å². The lowest BCUT2D eigenvalue weighted by Crippen LogP contribution is -2.16. The Balaban J connectivity index is 1.50. The van der Waals surface area contributed by atoms with Crippen LogP contribution in [-0.2, 0) is 13.2 Å². The molecule has 0 bridgehead atoms. The van der Waals surface area contributed by atoms with E-state index in [4.69, 9.17) is 32.5 Å². The van der Waals surface area contributed by atoms with Crippen LogP contribution in [0.3, 0.4) is 0 Å². The topological polar surface area (TPSA) is 82.2 Å². The molecule has 0 saturated carbocycles. The maximum absolute atomic E-state index is 14.1. The van der Waals surface area contributed by atoms with Crippen molar-refractivity contribution in [2.75, 3.05) is 5.32 Å². The van der Waals surface area contributed by atoms with E-state index in [1.165, 1.54) is 41.2 Å². The molecule has 4 aromatic rings. The first kappa shape index (κ1) is 22.8. The number of amides is 1. The zero-order valence-corrected chi connectivity index (χ0v) is 18.6. The number of anilines is 1. The fourth-order valence-electron chi connectivity index (χ4n) is 3.03. The van der Waals surface area contributed by atoms with E-state index in [9.17, 15) is 13.6 Å². The van der Waals surface area contributed by atoms with Gasteiger partial charge in [0.25, 0.3) is 5.91 Å². The lowest BCUT2D eigenvalue weighted by Gasteiger charge is -2.07. The van der Waals surface area contributed by atoms with Gasteiger partial charge in [0.2, 0.25) is 0 Å². The van der Waals surface area contributed by atoms with E-state index in [1.807, 2.05) is 0 Å². The monoisotopic (exact) mass is 492 g/mol. The second-order valence-electron chi connectivity index (χ2n) is 6.96. The fourth-order valence-corrected chi connectivity index (χ4v) is 3.45. The van der Waals surface area contributed by atoms with Crippen LogP contribution in [0.4, 0.5) is 14.6 Å². The molecular formula is C22H16Cl2F2N4O3. The van der Waals surface area contributed by atoms with Gasteiger partial charge in [0.1, 0.15) is 23.2 Å². The summed E-state index contributed by atoms with van der Waals surface area (Å²) in [5, 5.41) is 10.9. The van der Waals surface area contributed by atoms with Crippen LogP contribution < -0.4 is 10.1 Å². The van der Waals surface area contributed by atoms with Gasteiger partial charge in [-0.05, 0) is 31.2 Å². The molecular weight excluding hydrogens is 477 g/mol. The van der Waals surface area contributed by atoms with E-state index in [0.29, 0.717) is 11.3 Å². The number of hydrogen-bond acceptors (Lipinski definition) is 5. The van der Waals surface area contributed by atoms with Crippen LogP contribution in [0, 0.1) is 18.6 Å². The number of rotatable bonds is 7. The van der Waals surface area contributed by atoms with E-state index < -0.39 is 17.5 Å². The third-order valence-electron chi connectivity index (χ3n) is 4.74. The molecule has 0 unspecified atom stereocenters. The van der Waals surface area contributed by atoms with Gasteiger partial charge in [0.05, 0.1) is 12.1 Å². The number of aromatic nitrogens is 3. The lowest BCUT2D eigenvalue weighted by molar-refractivity contribution is 0.101. The maximum atomic E-state index is 14.1. The van der Waals surface area contributed by atoms with Crippen LogP contribution in [0.5, 0.6) is 5.75 Å². The molecule has 2 aromatic heterocycles. The molecule has 0 fully saturated rings. The van der Waals surface area contributed by atoms with Gasteiger partial charge in [-0.2, -0.15) is 5.10 Å². The maximum Gasteiger partial charge on any atom is 0.279 e. The Morgan fingerprint density at radius 3 is 2.61 bits per heavy atom. The number of ether oxygens (including phenoxy) is 1. The third kappa shape index (κ3) is 4.99. The molecule has 4 rings (SSSR count). The number of para-hydroxylation sites is 1. The minimum absolute atomic E-state index is 0.00585. The number of nitrogens with zero attached hydrogens (tertiary/aromatic N) is 3. The van der Waals surface area contributed by atoms with Crippen molar-refractivity contribution in [3.05, 3.63) is 92.9 Å². The van der Waals surface area contributed by atoms with Gasteiger partial charge < -0.3 is 14.6 Å². The molecule has 0 aliphatic heterocycles. The molecule has 0 atom stereocenters. The minimum atomic E-state index is -0.657. The van der Waals surface area contributed by atoms with Crippen LogP contribution in [0.15, 0.2) is 53.2 Å². The fraction of sp³-hybridized carbons (Fsp3) is 0.136. The van der Waals surface area contributed by atoms with Gasteiger partial charge in [-0.15, -0.1) is 0 Å². The molecule has 170 valence electrons.